The molecular formula is C15H19Cl2N3O. The second kappa shape index (κ2) is 5.41. The summed E-state index contributed by atoms with van der Waals surface area (Å²) in [7, 11) is 0. The lowest BCUT2D eigenvalue weighted by molar-refractivity contribution is -0.138. The third-order valence-corrected chi connectivity index (χ3v) is 5.62. The highest BCUT2D eigenvalue weighted by molar-refractivity contribution is 6.53. The molecule has 2 heterocycles. The highest BCUT2D eigenvalue weighted by Crippen LogP contribution is 2.64. The fourth-order valence-corrected chi connectivity index (χ4v) is 3.54. The Balaban J connectivity index is 1.53. The van der Waals surface area contributed by atoms with E-state index < -0.39 is 9.75 Å². The number of hydrogen-bond donors (Lipinski definition) is 0. The number of rotatable bonds is 3. The van der Waals surface area contributed by atoms with Gasteiger partial charge in [0.2, 0.25) is 5.91 Å². The van der Waals surface area contributed by atoms with Crippen molar-refractivity contribution in [1.82, 2.24) is 14.8 Å². The summed E-state index contributed by atoms with van der Waals surface area (Å²) < 4.78 is -0.878. The van der Waals surface area contributed by atoms with Gasteiger partial charge in [-0.15, -0.1) is 23.2 Å². The molecule has 0 N–H and O–H groups in total. The maximum absolute atomic E-state index is 12.5. The van der Waals surface area contributed by atoms with Gasteiger partial charge in [-0.05, 0) is 25.0 Å². The van der Waals surface area contributed by atoms with Crippen LogP contribution < -0.4 is 0 Å². The zero-order chi connectivity index (χ0) is 15.1. The first-order valence-corrected chi connectivity index (χ1v) is 7.96. The summed E-state index contributed by atoms with van der Waals surface area (Å²) in [6, 6.07) is 4.02. The molecule has 1 aliphatic carbocycles. The van der Waals surface area contributed by atoms with Crippen LogP contribution in [-0.4, -0.2) is 51.2 Å². The minimum absolute atomic E-state index is 0.0912. The fourth-order valence-electron chi connectivity index (χ4n) is 2.84. The predicted octanol–water partition coefficient (Wildman–Crippen LogP) is 2.31. The molecule has 0 spiro atoms. The van der Waals surface area contributed by atoms with E-state index in [0.29, 0.717) is 6.42 Å². The molecule has 6 heteroatoms. The second-order valence-corrected chi connectivity index (χ2v) is 7.63. The molecule has 1 amide bonds. The molecule has 3 rings (SSSR count). The number of aromatic nitrogens is 1. The summed E-state index contributed by atoms with van der Waals surface area (Å²) in [5, 5.41) is 0. The van der Waals surface area contributed by atoms with Crippen LogP contribution in [0.5, 0.6) is 0 Å². The summed E-state index contributed by atoms with van der Waals surface area (Å²) >= 11 is 12.2. The smallest absolute Gasteiger partial charge is 0.231 e. The van der Waals surface area contributed by atoms with Crippen LogP contribution >= 0.6 is 23.2 Å². The van der Waals surface area contributed by atoms with Crippen molar-refractivity contribution in [3.8, 4) is 0 Å². The number of carbonyl (C=O) groups is 1. The van der Waals surface area contributed by atoms with Gasteiger partial charge in [0.05, 0.1) is 5.41 Å². The third kappa shape index (κ3) is 2.89. The first-order valence-electron chi connectivity index (χ1n) is 7.21. The van der Waals surface area contributed by atoms with Crippen LogP contribution in [-0.2, 0) is 11.3 Å². The first kappa shape index (κ1) is 15.1. The molecule has 1 aromatic heterocycles. The average Bonchev–Trinajstić information content (AvgIpc) is 3.00. The standard InChI is InChI=1S/C15H19Cl2N3O/c1-14(11-15(14,16)17)13(21)20-7-5-19(6-8-20)10-12-3-2-4-18-9-12/h2-4,9H,5-8,10-11H2,1H3. The van der Waals surface area contributed by atoms with E-state index in [1.54, 1.807) is 6.20 Å². The summed E-state index contributed by atoms with van der Waals surface area (Å²) in [6.07, 6.45) is 4.22. The van der Waals surface area contributed by atoms with E-state index in [2.05, 4.69) is 16.0 Å². The summed E-state index contributed by atoms with van der Waals surface area (Å²) in [5.41, 5.74) is 0.605. The van der Waals surface area contributed by atoms with Crippen molar-refractivity contribution in [2.24, 2.45) is 5.41 Å². The molecule has 4 nitrogen and oxygen atoms in total. The van der Waals surface area contributed by atoms with Gasteiger partial charge in [0, 0.05) is 45.1 Å². The zero-order valence-electron chi connectivity index (χ0n) is 12.1. The lowest BCUT2D eigenvalue weighted by atomic mass is 10.1. The van der Waals surface area contributed by atoms with Gasteiger partial charge in [0.1, 0.15) is 4.33 Å². The Kier molecular flexibility index (Phi) is 3.89. The molecule has 0 bridgehead atoms. The monoisotopic (exact) mass is 327 g/mol. The number of amides is 1. The van der Waals surface area contributed by atoms with Crippen LogP contribution in [0.25, 0.3) is 0 Å². The van der Waals surface area contributed by atoms with Crippen molar-refractivity contribution in [3.05, 3.63) is 30.1 Å². The first-order chi connectivity index (χ1) is 9.92. The number of carbonyl (C=O) groups excluding carboxylic acids is 1. The normalized spacial score (nSPS) is 28.4. The van der Waals surface area contributed by atoms with Crippen LogP contribution in [0.4, 0.5) is 0 Å². The van der Waals surface area contributed by atoms with E-state index in [4.69, 9.17) is 23.2 Å². The number of alkyl halides is 2. The van der Waals surface area contributed by atoms with Crippen molar-refractivity contribution >= 4 is 29.1 Å². The lowest BCUT2D eigenvalue weighted by Gasteiger charge is -2.36. The van der Waals surface area contributed by atoms with Crippen LogP contribution in [0.15, 0.2) is 24.5 Å². The molecule has 2 aliphatic rings. The third-order valence-electron chi connectivity index (χ3n) is 4.52. The Labute approximate surface area is 135 Å². The quantitative estimate of drug-likeness (QED) is 0.799. The van der Waals surface area contributed by atoms with Crippen LogP contribution in [0.3, 0.4) is 0 Å². The predicted molar refractivity (Wildman–Crippen MR) is 83.3 cm³/mol. The SMILES string of the molecule is CC1(C(=O)N2CCN(Cc3cccnc3)CC2)CC1(Cl)Cl. The maximum Gasteiger partial charge on any atom is 0.231 e. The Morgan fingerprint density at radius 3 is 2.52 bits per heavy atom. The Bertz CT molecular complexity index is 529. The summed E-state index contributed by atoms with van der Waals surface area (Å²) in [5.74, 6) is 0.0912. The van der Waals surface area contributed by atoms with E-state index in [9.17, 15) is 4.79 Å². The lowest BCUT2D eigenvalue weighted by Crippen LogP contribution is -2.50. The van der Waals surface area contributed by atoms with Crippen LogP contribution in [0, 0.1) is 5.41 Å². The number of nitrogens with zero attached hydrogens (tertiary/aromatic N) is 3. The van der Waals surface area contributed by atoms with Gasteiger partial charge in [-0.1, -0.05) is 6.07 Å². The highest BCUT2D eigenvalue weighted by Gasteiger charge is 2.68. The molecule has 0 radical (unpaired) electrons. The molecule has 1 unspecified atom stereocenters. The number of halogens is 2. The van der Waals surface area contributed by atoms with E-state index in [0.717, 1.165) is 32.7 Å². The van der Waals surface area contributed by atoms with Gasteiger partial charge in [-0.3, -0.25) is 14.7 Å². The molecule has 21 heavy (non-hydrogen) atoms. The fraction of sp³-hybridized carbons (Fsp3) is 0.600. The topological polar surface area (TPSA) is 36.4 Å². The van der Waals surface area contributed by atoms with E-state index in [-0.39, 0.29) is 5.91 Å². The Hall–Kier alpha value is -0.840. The van der Waals surface area contributed by atoms with E-state index in [1.165, 1.54) is 5.56 Å². The Morgan fingerprint density at radius 2 is 2.00 bits per heavy atom. The molecule has 1 atom stereocenters. The van der Waals surface area contributed by atoms with E-state index in [1.807, 2.05) is 24.1 Å². The van der Waals surface area contributed by atoms with Crippen molar-refractivity contribution in [3.63, 3.8) is 0 Å². The van der Waals surface area contributed by atoms with Crippen molar-refractivity contribution in [2.45, 2.75) is 24.2 Å². The molecule has 2 fully saturated rings. The highest BCUT2D eigenvalue weighted by atomic mass is 35.5. The van der Waals surface area contributed by atoms with Gasteiger partial charge in [0.15, 0.2) is 0 Å². The molecule has 0 aromatic carbocycles. The van der Waals surface area contributed by atoms with Crippen molar-refractivity contribution in [2.75, 3.05) is 26.2 Å². The minimum atomic E-state index is -0.878. The molecule has 1 saturated carbocycles. The van der Waals surface area contributed by atoms with Gasteiger partial charge < -0.3 is 4.90 Å². The van der Waals surface area contributed by atoms with Crippen LogP contribution in [0.1, 0.15) is 18.9 Å². The largest absolute Gasteiger partial charge is 0.340 e. The Morgan fingerprint density at radius 1 is 1.33 bits per heavy atom. The number of hydrogen-bond acceptors (Lipinski definition) is 3. The minimum Gasteiger partial charge on any atom is -0.340 e. The zero-order valence-corrected chi connectivity index (χ0v) is 13.6. The maximum atomic E-state index is 12.5. The number of pyridine rings is 1. The molecule has 1 saturated heterocycles. The van der Waals surface area contributed by atoms with Gasteiger partial charge in [0.25, 0.3) is 0 Å². The molecule has 1 aromatic rings. The van der Waals surface area contributed by atoms with Gasteiger partial charge in [-0.2, -0.15) is 0 Å². The average molecular weight is 328 g/mol. The molecule has 1 aliphatic heterocycles. The van der Waals surface area contributed by atoms with Crippen molar-refractivity contribution < 1.29 is 4.79 Å². The van der Waals surface area contributed by atoms with Crippen molar-refractivity contribution in [1.29, 1.82) is 0 Å². The molecular weight excluding hydrogens is 309 g/mol. The van der Waals surface area contributed by atoms with Gasteiger partial charge >= 0.3 is 0 Å². The number of piperazine rings is 1. The van der Waals surface area contributed by atoms with Gasteiger partial charge in [-0.25, -0.2) is 0 Å². The van der Waals surface area contributed by atoms with Crippen LogP contribution in [0.2, 0.25) is 0 Å². The summed E-state index contributed by atoms with van der Waals surface area (Å²) in [4.78, 5) is 20.9. The summed E-state index contributed by atoms with van der Waals surface area (Å²) in [6.45, 7) is 5.94. The molecule has 114 valence electrons. The van der Waals surface area contributed by atoms with E-state index >= 15 is 0 Å². The second-order valence-electron chi connectivity index (χ2n) is 6.14.